The number of sulfonamides is 1. The van der Waals surface area contributed by atoms with Crippen molar-refractivity contribution in [3.05, 3.63) is 52.4 Å². The summed E-state index contributed by atoms with van der Waals surface area (Å²) in [5.74, 6) is -0.257. The maximum Gasteiger partial charge on any atom is 0.251 e. The molecule has 2 rings (SSSR count). The number of rotatable bonds is 5. The minimum Gasteiger partial charge on any atom is -0.409 e. The number of benzene rings is 1. The second-order valence-corrected chi connectivity index (χ2v) is 7.70. The van der Waals surface area contributed by atoms with Crippen LogP contribution in [0.5, 0.6) is 0 Å². The van der Waals surface area contributed by atoms with Gasteiger partial charge in [-0.3, -0.25) is 0 Å². The van der Waals surface area contributed by atoms with Gasteiger partial charge >= 0.3 is 0 Å². The number of thiophene rings is 1. The highest BCUT2D eigenvalue weighted by Crippen LogP contribution is 2.27. The lowest BCUT2D eigenvalue weighted by atomic mass is 10.1. The molecule has 0 aliphatic heterocycles. The zero-order chi connectivity index (χ0) is 15.5. The van der Waals surface area contributed by atoms with Gasteiger partial charge in [-0.25, -0.2) is 8.42 Å². The zero-order valence-corrected chi connectivity index (χ0v) is 13.0. The summed E-state index contributed by atoms with van der Waals surface area (Å²) in [5, 5.41) is 11.7. The van der Waals surface area contributed by atoms with Gasteiger partial charge in [-0.2, -0.15) is 4.72 Å². The van der Waals surface area contributed by atoms with Crippen molar-refractivity contribution in [1.29, 1.82) is 0 Å². The van der Waals surface area contributed by atoms with E-state index < -0.39 is 16.1 Å². The third-order valence-electron chi connectivity index (χ3n) is 2.63. The highest BCUT2D eigenvalue weighted by molar-refractivity contribution is 7.91. The number of nitrogens with one attached hydrogen (secondary N) is 1. The summed E-state index contributed by atoms with van der Waals surface area (Å²) in [6.07, 6.45) is 0. The first-order valence-electron chi connectivity index (χ1n) is 5.74. The standard InChI is InChI=1S/C12H12ClN3O3S2/c13-9-6-7-10(20-9)21(18,19)16-11(12(14)15-17)8-4-2-1-3-5-8/h1-7,11,16-17H,(H2,14,15). The van der Waals surface area contributed by atoms with E-state index in [0.29, 0.717) is 9.90 Å². The summed E-state index contributed by atoms with van der Waals surface area (Å²) in [4.78, 5) is 0. The molecule has 0 radical (unpaired) electrons. The summed E-state index contributed by atoms with van der Waals surface area (Å²) in [6, 6.07) is 10.5. The van der Waals surface area contributed by atoms with Gasteiger partial charge in [0, 0.05) is 0 Å². The van der Waals surface area contributed by atoms with E-state index >= 15 is 0 Å². The van der Waals surface area contributed by atoms with Crippen molar-refractivity contribution in [3.63, 3.8) is 0 Å². The summed E-state index contributed by atoms with van der Waals surface area (Å²) in [5.41, 5.74) is 6.14. The van der Waals surface area contributed by atoms with Crippen LogP contribution in [0.1, 0.15) is 11.6 Å². The number of amidine groups is 1. The molecule has 4 N–H and O–H groups in total. The first kappa shape index (κ1) is 15.8. The highest BCUT2D eigenvalue weighted by Gasteiger charge is 2.25. The van der Waals surface area contributed by atoms with Gasteiger partial charge in [0.1, 0.15) is 10.3 Å². The number of halogens is 1. The second-order valence-electron chi connectivity index (χ2n) is 4.05. The van der Waals surface area contributed by atoms with Crippen molar-refractivity contribution in [2.45, 2.75) is 10.3 Å². The van der Waals surface area contributed by atoms with Gasteiger partial charge in [0.05, 0.1) is 4.34 Å². The molecule has 0 saturated carbocycles. The molecule has 21 heavy (non-hydrogen) atoms. The van der Waals surface area contributed by atoms with Crippen LogP contribution in [0.2, 0.25) is 4.34 Å². The fourth-order valence-electron chi connectivity index (χ4n) is 1.66. The number of nitrogens with two attached hydrogens (primary N) is 1. The molecule has 0 bridgehead atoms. The van der Waals surface area contributed by atoms with Crippen molar-refractivity contribution < 1.29 is 13.6 Å². The molecule has 1 heterocycles. The van der Waals surface area contributed by atoms with E-state index in [9.17, 15) is 8.42 Å². The van der Waals surface area contributed by atoms with Gasteiger partial charge in [-0.15, -0.1) is 11.3 Å². The Morgan fingerprint density at radius 1 is 1.29 bits per heavy atom. The molecule has 0 spiro atoms. The lowest BCUT2D eigenvalue weighted by Gasteiger charge is -2.17. The molecule has 0 saturated heterocycles. The van der Waals surface area contributed by atoms with Crippen LogP contribution in [0.25, 0.3) is 0 Å². The van der Waals surface area contributed by atoms with Crippen LogP contribution >= 0.6 is 22.9 Å². The Kier molecular flexibility index (Phi) is 4.84. The molecule has 0 amide bonds. The average Bonchev–Trinajstić information content (AvgIpc) is 2.92. The van der Waals surface area contributed by atoms with Gasteiger partial charge in [0.2, 0.25) is 0 Å². The van der Waals surface area contributed by atoms with Gasteiger partial charge in [-0.05, 0) is 17.7 Å². The largest absolute Gasteiger partial charge is 0.409 e. The summed E-state index contributed by atoms with van der Waals surface area (Å²) < 4.78 is 27.4. The van der Waals surface area contributed by atoms with Crippen molar-refractivity contribution in [1.82, 2.24) is 4.72 Å². The SMILES string of the molecule is N/C(=N\O)C(NS(=O)(=O)c1ccc(Cl)s1)c1ccccc1. The fourth-order valence-corrected chi connectivity index (χ4v) is 4.35. The zero-order valence-electron chi connectivity index (χ0n) is 10.6. The molecule has 0 fully saturated rings. The van der Waals surface area contributed by atoms with Crippen molar-refractivity contribution in [2.24, 2.45) is 10.9 Å². The van der Waals surface area contributed by atoms with E-state index in [0.717, 1.165) is 11.3 Å². The monoisotopic (exact) mass is 345 g/mol. The molecule has 0 aliphatic carbocycles. The van der Waals surface area contributed by atoms with E-state index in [1.54, 1.807) is 30.3 Å². The van der Waals surface area contributed by atoms with Gasteiger partial charge in [0.25, 0.3) is 10.0 Å². The molecular formula is C12H12ClN3O3S2. The maximum atomic E-state index is 12.3. The minimum atomic E-state index is -3.83. The molecule has 2 aromatic rings. The first-order chi connectivity index (χ1) is 9.94. The molecule has 1 aromatic carbocycles. The van der Waals surface area contributed by atoms with Crippen molar-refractivity contribution >= 4 is 38.8 Å². The number of nitrogens with zero attached hydrogens (tertiary/aromatic N) is 1. The van der Waals surface area contributed by atoms with Crippen LogP contribution in [0.15, 0.2) is 51.8 Å². The Hall–Kier alpha value is -1.61. The van der Waals surface area contributed by atoms with Crippen LogP contribution in [0.4, 0.5) is 0 Å². The van der Waals surface area contributed by atoms with Gasteiger partial charge in [-0.1, -0.05) is 47.1 Å². The number of hydrogen-bond donors (Lipinski definition) is 3. The van der Waals surface area contributed by atoms with Gasteiger partial charge in [0.15, 0.2) is 5.84 Å². The van der Waals surface area contributed by atoms with E-state index in [4.69, 9.17) is 22.5 Å². The van der Waals surface area contributed by atoms with Crippen LogP contribution < -0.4 is 10.5 Å². The minimum absolute atomic E-state index is 0.0548. The predicted molar refractivity (Wildman–Crippen MR) is 82.2 cm³/mol. The molecular weight excluding hydrogens is 334 g/mol. The summed E-state index contributed by atoms with van der Waals surface area (Å²) in [7, 11) is -3.83. The third-order valence-corrected chi connectivity index (χ3v) is 5.78. The normalized spacial score (nSPS) is 14.0. The Labute approximate surface area is 130 Å². The highest BCUT2D eigenvalue weighted by atomic mass is 35.5. The summed E-state index contributed by atoms with van der Waals surface area (Å²) >= 11 is 6.67. The molecule has 6 nitrogen and oxygen atoms in total. The molecule has 1 unspecified atom stereocenters. The summed E-state index contributed by atoms with van der Waals surface area (Å²) in [6.45, 7) is 0. The van der Waals surface area contributed by atoms with Crippen LogP contribution in [-0.2, 0) is 10.0 Å². The van der Waals surface area contributed by atoms with Gasteiger partial charge < -0.3 is 10.9 Å². The van der Waals surface area contributed by atoms with Crippen LogP contribution in [0, 0.1) is 0 Å². The number of oxime groups is 1. The van der Waals surface area contributed by atoms with Crippen LogP contribution in [0.3, 0.4) is 0 Å². The van der Waals surface area contributed by atoms with E-state index in [1.165, 1.54) is 12.1 Å². The van der Waals surface area contributed by atoms with Crippen molar-refractivity contribution in [2.75, 3.05) is 0 Å². The topological polar surface area (TPSA) is 105 Å². The lowest BCUT2D eigenvalue weighted by molar-refractivity contribution is 0.315. The lowest BCUT2D eigenvalue weighted by Crippen LogP contribution is -2.37. The molecule has 0 aliphatic rings. The Morgan fingerprint density at radius 3 is 2.48 bits per heavy atom. The third kappa shape index (κ3) is 3.73. The maximum absolute atomic E-state index is 12.3. The average molecular weight is 346 g/mol. The molecule has 1 atom stereocenters. The van der Waals surface area contributed by atoms with E-state index in [1.807, 2.05) is 0 Å². The van der Waals surface area contributed by atoms with E-state index in [2.05, 4.69) is 9.88 Å². The fraction of sp³-hybridized carbons (Fsp3) is 0.0833. The molecule has 9 heteroatoms. The Morgan fingerprint density at radius 2 is 1.95 bits per heavy atom. The smallest absolute Gasteiger partial charge is 0.251 e. The first-order valence-corrected chi connectivity index (χ1v) is 8.42. The molecule has 1 aromatic heterocycles. The predicted octanol–water partition coefficient (Wildman–Crippen LogP) is 2.17. The Bertz CT molecular complexity index is 744. The second kappa shape index (κ2) is 6.44. The van der Waals surface area contributed by atoms with Crippen molar-refractivity contribution in [3.8, 4) is 0 Å². The Balaban J connectivity index is 2.36. The van der Waals surface area contributed by atoms with E-state index in [-0.39, 0.29) is 10.0 Å². The molecule has 112 valence electrons. The quantitative estimate of drug-likeness (QED) is 0.334. The number of hydrogen-bond acceptors (Lipinski definition) is 5. The van der Waals surface area contributed by atoms with Crippen LogP contribution in [-0.4, -0.2) is 19.5 Å².